The van der Waals surface area contributed by atoms with Crippen LogP contribution in [0.2, 0.25) is 0 Å². The summed E-state index contributed by atoms with van der Waals surface area (Å²) in [4.78, 5) is 11.6. The number of benzene rings is 5. The fourth-order valence-electron chi connectivity index (χ4n) is 5.23. The first-order valence-electron chi connectivity index (χ1n) is 15.5. The summed E-state index contributed by atoms with van der Waals surface area (Å²) < 4.78 is 0. The number of amides is 1. The van der Waals surface area contributed by atoms with Gasteiger partial charge in [-0.15, -0.1) is 10.2 Å². The zero-order chi connectivity index (χ0) is 34.5. The SMILES string of the molecule is CNC([S-])=NN=C(C(=NN=C([S-])NC[P+](c1ccccc1)(c1ccccc1)c1ccccc1)c1ccccc1)c1ccc(NC(C)=O)cc1.[Br-].[Cu+2]. The molecule has 0 unspecified atom stereocenters. The van der Waals surface area contributed by atoms with Crippen molar-refractivity contribution in [2.75, 3.05) is 18.7 Å². The van der Waals surface area contributed by atoms with Gasteiger partial charge in [0.15, 0.2) is 0 Å². The third-order valence-electron chi connectivity index (χ3n) is 7.50. The van der Waals surface area contributed by atoms with Gasteiger partial charge in [0.1, 0.15) is 40.9 Å². The number of hydrogen-bond acceptors (Lipinski definition) is 7. The molecular formula is C38H35BrCuN7OPS2. The molecule has 0 spiro atoms. The Bertz CT molecular complexity index is 1870. The Morgan fingerprint density at radius 1 is 0.588 bits per heavy atom. The molecule has 0 aliphatic carbocycles. The maximum absolute atomic E-state index is 11.6. The van der Waals surface area contributed by atoms with Crippen molar-refractivity contribution in [2.45, 2.75) is 6.92 Å². The number of amidine groups is 2. The van der Waals surface area contributed by atoms with Gasteiger partial charge in [-0.05, 0) is 53.7 Å². The summed E-state index contributed by atoms with van der Waals surface area (Å²) in [5.74, 6) is -0.166. The van der Waals surface area contributed by atoms with Crippen LogP contribution in [-0.2, 0) is 47.1 Å². The van der Waals surface area contributed by atoms with E-state index in [1.165, 1.54) is 22.8 Å². The second-order valence-electron chi connectivity index (χ2n) is 10.7. The van der Waals surface area contributed by atoms with Gasteiger partial charge in [0, 0.05) is 36.0 Å². The number of carbonyl (C=O) groups is 1. The van der Waals surface area contributed by atoms with Crippen LogP contribution in [0, 0.1) is 0 Å². The van der Waals surface area contributed by atoms with Gasteiger partial charge in [-0.3, -0.25) is 4.79 Å². The van der Waals surface area contributed by atoms with Gasteiger partial charge in [-0.25, -0.2) is 0 Å². The fourth-order valence-corrected chi connectivity index (χ4v) is 9.36. The van der Waals surface area contributed by atoms with Gasteiger partial charge >= 0.3 is 17.1 Å². The largest absolute Gasteiger partial charge is 2.00 e. The van der Waals surface area contributed by atoms with E-state index in [0.29, 0.717) is 29.0 Å². The van der Waals surface area contributed by atoms with E-state index in [2.05, 4.69) is 104 Å². The number of rotatable bonds is 11. The van der Waals surface area contributed by atoms with Crippen LogP contribution in [0.1, 0.15) is 18.1 Å². The molecule has 0 aliphatic heterocycles. The molecule has 0 fully saturated rings. The Hall–Kier alpha value is -4.28. The van der Waals surface area contributed by atoms with E-state index in [1.54, 1.807) is 19.2 Å². The van der Waals surface area contributed by atoms with Crippen molar-refractivity contribution in [1.29, 1.82) is 0 Å². The molecule has 1 radical (unpaired) electrons. The zero-order valence-electron chi connectivity index (χ0n) is 27.7. The molecule has 8 nitrogen and oxygen atoms in total. The molecular weight excluding hydrogens is 809 g/mol. The zero-order valence-corrected chi connectivity index (χ0v) is 32.8. The molecule has 0 saturated heterocycles. The normalized spacial score (nSPS) is 12.2. The Labute approximate surface area is 331 Å². The molecule has 3 N–H and O–H groups in total. The van der Waals surface area contributed by atoms with Crippen LogP contribution in [0.3, 0.4) is 0 Å². The molecule has 0 bridgehead atoms. The van der Waals surface area contributed by atoms with Crippen LogP contribution >= 0.6 is 7.26 Å². The predicted octanol–water partition coefficient (Wildman–Crippen LogP) is 2.32. The molecule has 51 heavy (non-hydrogen) atoms. The van der Waals surface area contributed by atoms with E-state index in [4.69, 9.17) is 30.4 Å². The number of nitrogens with one attached hydrogen (secondary N) is 3. The Kier molecular flexibility index (Phi) is 16.6. The molecule has 5 rings (SSSR count). The second-order valence-corrected chi connectivity index (χ2v) is 15.0. The molecule has 263 valence electrons. The average Bonchev–Trinajstić information content (AvgIpc) is 3.15. The quantitative estimate of drug-likeness (QED) is 0.0474. The van der Waals surface area contributed by atoms with Crippen LogP contribution in [0.4, 0.5) is 5.69 Å². The maximum atomic E-state index is 11.6. The Balaban J connectivity index is 0.00000351. The number of hydrogen-bond donors (Lipinski definition) is 3. The van der Waals surface area contributed by atoms with Gasteiger partial charge in [0.05, 0.1) is 0 Å². The molecule has 0 aromatic heterocycles. The van der Waals surface area contributed by atoms with Crippen LogP contribution in [-0.4, -0.2) is 41.0 Å². The van der Waals surface area contributed by atoms with Crippen molar-refractivity contribution in [2.24, 2.45) is 20.4 Å². The number of anilines is 1. The molecule has 1 amide bonds. The summed E-state index contributed by atoms with van der Waals surface area (Å²) >= 11 is 11.1. The smallest absolute Gasteiger partial charge is 1.00 e. The van der Waals surface area contributed by atoms with Crippen molar-refractivity contribution in [3.63, 3.8) is 0 Å². The first-order valence-corrected chi connectivity index (χ1v) is 18.3. The van der Waals surface area contributed by atoms with E-state index in [-0.39, 0.29) is 50.3 Å². The van der Waals surface area contributed by atoms with Gasteiger partial charge in [0.2, 0.25) is 5.91 Å². The first-order chi connectivity index (χ1) is 23.9. The van der Waals surface area contributed by atoms with Crippen molar-refractivity contribution < 1.29 is 38.8 Å². The Morgan fingerprint density at radius 3 is 1.39 bits per heavy atom. The number of nitrogens with zero attached hydrogens (tertiary/aromatic N) is 4. The van der Waals surface area contributed by atoms with E-state index in [1.807, 2.05) is 60.7 Å². The minimum atomic E-state index is -2.22. The first kappa shape index (κ1) is 41.1. The summed E-state index contributed by atoms with van der Waals surface area (Å²) in [6.07, 6.45) is 0.529. The monoisotopic (exact) mass is 842 g/mol. The number of halogens is 1. The average molecular weight is 844 g/mol. The van der Waals surface area contributed by atoms with Gasteiger partial charge in [-0.1, -0.05) is 97.1 Å². The molecule has 5 aromatic rings. The summed E-state index contributed by atoms with van der Waals surface area (Å²) in [5, 5.41) is 31.1. The van der Waals surface area contributed by atoms with Gasteiger partial charge in [-0.2, -0.15) is 10.2 Å². The van der Waals surface area contributed by atoms with Crippen LogP contribution in [0.5, 0.6) is 0 Å². The number of carbonyl (C=O) groups excluding carboxylic acids is 1. The van der Waals surface area contributed by atoms with Crippen molar-refractivity contribution in [1.82, 2.24) is 10.6 Å². The van der Waals surface area contributed by atoms with Crippen molar-refractivity contribution >= 4 is 81.8 Å². The van der Waals surface area contributed by atoms with Crippen LogP contribution in [0.25, 0.3) is 0 Å². The topological polar surface area (TPSA) is 103 Å². The standard InChI is InChI=1S/C38H36N7OPS2.BrH.Cu/c1-28(46)41-31-25-23-30(24-26-31)36(42-44-37(48)39-2)35(29-15-7-3-8-16-29)43-45-38(49)40-27-47(32-17-9-4-10-18-32,33-19-11-5-12-20-33)34-21-13-6-14-22-34;;/h3-26H,27H2,1-2H3,(H4-,39,40,41,42,43,44,45,46,48,49);1H;/q;;+2/p-2. The fraction of sp³-hybridized carbons (Fsp3) is 0.0789. The van der Waals surface area contributed by atoms with E-state index < -0.39 is 7.26 Å². The minimum absolute atomic E-state index is 0. The molecule has 0 atom stereocenters. The van der Waals surface area contributed by atoms with Crippen LogP contribution < -0.4 is 48.8 Å². The molecule has 5 aromatic carbocycles. The summed E-state index contributed by atoms with van der Waals surface area (Å²) in [5.41, 5.74) is 2.95. The van der Waals surface area contributed by atoms with E-state index in [0.717, 1.165) is 5.56 Å². The van der Waals surface area contributed by atoms with Crippen molar-refractivity contribution in [3.8, 4) is 0 Å². The molecule has 0 aliphatic rings. The summed E-state index contributed by atoms with van der Waals surface area (Å²) in [7, 11) is -0.538. The second kappa shape index (κ2) is 20.5. The van der Waals surface area contributed by atoms with Gasteiger partial charge in [0.25, 0.3) is 0 Å². The van der Waals surface area contributed by atoms with Gasteiger partial charge < -0.3 is 58.2 Å². The van der Waals surface area contributed by atoms with Crippen molar-refractivity contribution in [3.05, 3.63) is 157 Å². The Morgan fingerprint density at radius 2 is 0.980 bits per heavy atom. The third kappa shape index (κ3) is 10.9. The minimum Gasteiger partial charge on any atom is -1.00 e. The molecule has 13 heteroatoms. The summed E-state index contributed by atoms with van der Waals surface area (Å²) in [6, 6.07) is 48.4. The van der Waals surface area contributed by atoms with Crippen LogP contribution in [0.15, 0.2) is 166 Å². The maximum Gasteiger partial charge on any atom is 2.00 e. The summed E-state index contributed by atoms with van der Waals surface area (Å²) in [6.45, 7) is 1.46. The predicted molar refractivity (Wildman–Crippen MR) is 212 cm³/mol. The third-order valence-corrected chi connectivity index (χ3v) is 12.2. The molecule has 0 saturated carbocycles. The molecule has 0 heterocycles. The van der Waals surface area contributed by atoms with E-state index in [9.17, 15) is 4.79 Å². The van der Waals surface area contributed by atoms with E-state index >= 15 is 0 Å².